The smallest absolute Gasteiger partial charge is 0.0752 e. The molecule has 118 valence electrons. The van der Waals surface area contributed by atoms with Crippen LogP contribution in [0.1, 0.15) is 66.2 Å². The van der Waals surface area contributed by atoms with E-state index in [1.807, 2.05) is 0 Å². The van der Waals surface area contributed by atoms with Crippen LogP contribution in [0.3, 0.4) is 0 Å². The predicted octanol–water partition coefficient (Wildman–Crippen LogP) is 5.11. The van der Waals surface area contributed by atoms with Gasteiger partial charge in [0.1, 0.15) is 0 Å². The highest BCUT2D eigenvalue weighted by atomic mass is 16.3. The van der Waals surface area contributed by atoms with Crippen molar-refractivity contribution in [2.24, 2.45) is 28.1 Å². The Bertz CT molecular complexity index is 474. The van der Waals surface area contributed by atoms with Gasteiger partial charge in [0.15, 0.2) is 0 Å². The normalized spacial score (nSPS) is 49.2. The van der Waals surface area contributed by atoms with Gasteiger partial charge in [0.25, 0.3) is 0 Å². The second-order valence-electron chi connectivity index (χ2n) is 9.15. The zero-order valence-electron chi connectivity index (χ0n) is 14.3. The second kappa shape index (κ2) is 4.72. The quantitative estimate of drug-likeness (QED) is 0.614. The molecule has 2 saturated carbocycles. The monoisotopic (exact) mass is 288 g/mol. The van der Waals surface area contributed by atoms with Crippen molar-refractivity contribution in [1.82, 2.24) is 0 Å². The molecule has 0 aromatic rings. The highest BCUT2D eigenvalue weighted by molar-refractivity contribution is 5.18. The molecule has 0 spiro atoms. The number of allylic oxidation sites excluding steroid dienone is 2. The van der Waals surface area contributed by atoms with E-state index in [0.29, 0.717) is 16.7 Å². The summed E-state index contributed by atoms with van der Waals surface area (Å²) in [5, 5.41) is 10.4. The summed E-state index contributed by atoms with van der Waals surface area (Å²) in [4.78, 5) is 0. The molecule has 1 N–H and O–H groups in total. The Hall–Kier alpha value is -0.560. The lowest BCUT2D eigenvalue weighted by molar-refractivity contribution is -0.103. The third kappa shape index (κ3) is 2.23. The van der Waals surface area contributed by atoms with E-state index in [4.69, 9.17) is 0 Å². The molecule has 0 saturated heterocycles. The van der Waals surface area contributed by atoms with Crippen molar-refractivity contribution in [3.05, 3.63) is 24.3 Å². The molecule has 5 atom stereocenters. The van der Waals surface area contributed by atoms with E-state index in [9.17, 15) is 5.11 Å². The topological polar surface area (TPSA) is 20.2 Å². The molecular formula is C20H32O. The summed E-state index contributed by atoms with van der Waals surface area (Å²) in [5.41, 5.74) is 2.05. The lowest BCUT2D eigenvalue weighted by Gasteiger charge is -2.61. The molecule has 3 aliphatic carbocycles. The summed E-state index contributed by atoms with van der Waals surface area (Å²) in [5.74, 6) is 1.48. The van der Waals surface area contributed by atoms with Crippen LogP contribution in [0, 0.1) is 28.1 Å². The van der Waals surface area contributed by atoms with Crippen LogP contribution in [0.25, 0.3) is 0 Å². The van der Waals surface area contributed by atoms with Gasteiger partial charge in [-0.3, -0.25) is 0 Å². The van der Waals surface area contributed by atoms with Crippen molar-refractivity contribution >= 4 is 0 Å². The first kappa shape index (κ1) is 15.3. The van der Waals surface area contributed by atoms with Crippen molar-refractivity contribution in [3.8, 4) is 0 Å². The first-order valence-electron chi connectivity index (χ1n) is 8.72. The van der Waals surface area contributed by atoms with Gasteiger partial charge in [0, 0.05) is 0 Å². The van der Waals surface area contributed by atoms with Crippen LogP contribution < -0.4 is 0 Å². The van der Waals surface area contributed by atoms with Crippen LogP contribution in [0.4, 0.5) is 0 Å². The van der Waals surface area contributed by atoms with Crippen molar-refractivity contribution in [2.45, 2.75) is 72.3 Å². The molecule has 1 heteroatoms. The van der Waals surface area contributed by atoms with Gasteiger partial charge >= 0.3 is 0 Å². The molecule has 3 aliphatic rings. The fourth-order valence-corrected chi connectivity index (χ4v) is 6.26. The number of hydrogen-bond acceptors (Lipinski definition) is 1. The van der Waals surface area contributed by atoms with E-state index >= 15 is 0 Å². The molecule has 0 amide bonds. The van der Waals surface area contributed by atoms with E-state index in [1.165, 1.54) is 25.7 Å². The van der Waals surface area contributed by atoms with Gasteiger partial charge in [-0.2, -0.15) is 0 Å². The molecule has 21 heavy (non-hydrogen) atoms. The number of aliphatic hydroxyl groups excluding tert-OH is 1. The van der Waals surface area contributed by atoms with Crippen LogP contribution in [0.15, 0.2) is 24.3 Å². The zero-order valence-corrected chi connectivity index (χ0v) is 14.3. The van der Waals surface area contributed by atoms with E-state index in [-0.39, 0.29) is 11.5 Å². The Morgan fingerprint density at radius 1 is 1.14 bits per heavy atom. The standard InChI is InChI=1S/C20H32O/c1-14-7-8-17-19(4,13-15(14)21)12-9-16-18(2,3)10-6-11-20(16,17)5/h6,10,15-17,21H,1,7-9,11-13H2,2-5H3/t15-,16+,17+,19+,20+/m1/s1. The minimum atomic E-state index is -0.285. The summed E-state index contributed by atoms with van der Waals surface area (Å²) in [7, 11) is 0. The Morgan fingerprint density at radius 3 is 2.57 bits per heavy atom. The largest absolute Gasteiger partial charge is 0.389 e. The number of fused-ring (bicyclic) bond motifs is 3. The molecule has 0 unspecified atom stereocenters. The van der Waals surface area contributed by atoms with Gasteiger partial charge in [-0.05, 0) is 72.2 Å². The first-order valence-corrected chi connectivity index (χ1v) is 8.72. The molecule has 0 aliphatic heterocycles. The van der Waals surface area contributed by atoms with Crippen molar-refractivity contribution in [2.75, 3.05) is 0 Å². The molecule has 2 fully saturated rings. The van der Waals surface area contributed by atoms with Crippen LogP contribution in [0.2, 0.25) is 0 Å². The Kier molecular flexibility index (Phi) is 3.44. The fourth-order valence-electron chi connectivity index (χ4n) is 6.26. The molecule has 0 bridgehead atoms. The second-order valence-corrected chi connectivity index (χ2v) is 9.15. The lowest BCUT2D eigenvalue weighted by atomic mass is 9.44. The first-order chi connectivity index (χ1) is 9.69. The van der Waals surface area contributed by atoms with Crippen LogP contribution in [-0.4, -0.2) is 11.2 Å². The minimum absolute atomic E-state index is 0.283. The Morgan fingerprint density at radius 2 is 1.86 bits per heavy atom. The molecule has 1 nitrogen and oxygen atoms in total. The van der Waals surface area contributed by atoms with Gasteiger partial charge < -0.3 is 5.11 Å². The average molecular weight is 288 g/mol. The van der Waals surface area contributed by atoms with Crippen LogP contribution in [0.5, 0.6) is 0 Å². The van der Waals surface area contributed by atoms with E-state index in [2.05, 4.69) is 46.4 Å². The Labute approximate surface area is 130 Å². The predicted molar refractivity (Wildman–Crippen MR) is 89.0 cm³/mol. The molecule has 0 radical (unpaired) electrons. The van der Waals surface area contributed by atoms with Gasteiger partial charge in [0.05, 0.1) is 6.10 Å². The molecule has 3 rings (SSSR count). The summed E-state index contributed by atoms with van der Waals surface area (Å²) >= 11 is 0. The molecule has 0 aromatic carbocycles. The van der Waals surface area contributed by atoms with Gasteiger partial charge in [-0.1, -0.05) is 46.4 Å². The van der Waals surface area contributed by atoms with E-state index in [0.717, 1.165) is 24.3 Å². The zero-order chi connectivity index (χ0) is 15.5. The number of rotatable bonds is 0. The fraction of sp³-hybridized carbons (Fsp3) is 0.800. The molecule has 0 heterocycles. The summed E-state index contributed by atoms with van der Waals surface area (Å²) < 4.78 is 0. The van der Waals surface area contributed by atoms with Crippen molar-refractivity contribution < 1.29 is 5.11 Å². The van der Waals surface area contributed by atoms with Crippen LogP contribution in [-0.2, 0) is 0 Å². The molecule has 0 aromatic heterocycles. The SMILES string of the molecule is C=C1CC[C@H]2[C@@](C)(CC[C@H]3C(C)(C)C=CC[C@@]32C)C[C@H]1O. The van der Waals surface area contributed by atoms with E-state index < -0.39 is 0 Å². The summed E-state index contributed by atoms with van der Waals surface area (Å²) in [6, 6.07) is 0. The third-order valence-electron chi connectivity index (χ3n) is 7.33. The summed E-state index contributed by atoms with van der Waals surface area (Å²) in [6.07, 6.45) is 11.5. The average Bonchev–Trinajstić information content (AvgIpc) is 2.46. The van der Waals surface area contributed by atoms with Gasteiger partial charge in [0.2, 0.25) is 0 Å². The Balaban J connectivity index is 2.01. The van der Waals surface area contributed by atoms with Crippen molar-refractivity contribution in [1.29, 1.82) is 0 Å². The lowest BCUT2D eigenvalue weighted by Crippen LogP contribution is -2.53. The van der Waals surface area contributed by atoms with Gasteiger partial charge in [-0.15, -0.1) is 0 Å². The maximum Gasteiger partial charge on any atom is 0.0752 e. The molecular weight excluding hydrogens is 256 g/mol. The number of hydrogen-bond donors (Lipinski definition) is 1. The van der Waals surface area contributed by atoms with E-state index in [1.54, 1.807) is 0 Å². The number of aliphatic hydroxyl groups is 1. The van der Waals surface area contributed by atoms with Crippen molar-refractivity contribution in [3.63, 3.8) is 0 Å². The summed E-state index contributed by atoms with van der Waals surface area (Å²) in [6.45, 7) is 13.9. The maximum absolute atomic E-state index is 10.4. The highest BCUT2D eigenvalue weighted by Gasteiger charge is 2.57. The minimum Gasteiger partial charge on any atom is -0.389 e. The van der Waals surface area contributed by atoms with Gasteiger partial charge in [-0.25, -0.2) is 0 Å². The third-order valence-corrected chi connectivity index (χ3v) is 7.33. The highest BCUT2D eigenvalue weighted by Crippen LogP contribution is 2.65. The van der Waals surface area contributed by atoms with Crippen LogP contribution >= 0.6 is 0 Å². The maximum atomic E-state index is 10.4.